The Hall–Kier alpha value is -0.120. The minimum Gasteiger partial charge on any atom is -0.378 e. The van der Waals surface area contributed by atoms with Gasteiger partial charge in [-0.3, -0.25) is 4.90 Å². The zero-order valence-electron chi connectivity index (χ0n) is 5.42. The molecule has 2 rings (SSSR count). The first-order chi connectivity index (χ1) is 4.36. The van der Waals surface area contributed by atoms with Gasteiger partial charge in [-0.1, -0.05) is 0 Å². The van der Waals surface area contributed by atoms with Crippen LogP contribution in [0.3, 0.4) is 0 Å². The van der Waals surface area contributed by atoms with Crippen LogP contribution >= 0.6 is 0 Å². The van der Waals surface area contributed by atoms with Crippen LogP contribution in [-0.4, -0.2) is 43.3 Å². The van der Waals surface area contributed by atoms with Crippen LogP contribution in [0.15, 0.2) is 0 Å². The number of nitrogens with zero attached hydrogens (tertiary/aromatic N) is 1. The first kappa shape index (κ1) is 5.65. The van der Waals surface area contributed by atoms with Gasteiger partial charge in [-0.05, 0) is 0 Å². The van der Waals surface area contributed by atoms with E-state index in [1.54, 1.807) is 0 Å². The van der Waals surface area contributed by atoms with Crippen LogP contribution in [0.1, 0.15) is 0 Å². The molecular weight excluding hydrogens is 116 g/mol. The molecule has 0 amide bonds. The fourth-order valence-electron chi connectivity index (χ4n) is 1.28. The van der Waals surface area contributed by atoms with Gasteiger partial charge in [0.1, 0.15) is 0 Å². The molecule has 2 heterocycles. The van der Waals surface area contributed by atoms with Crippen molar-refractivity contribution in [2.45, 2.75) is 12.1 Å². The van der Waals surface area contributed by atoms with Gasteiger partial charge in [-0.2, -0.15) is 0 Å². The molecule has 0 aromatic carbocycles. The summed E-state index contributed by atoms with van der Waals surface area (Å²) in [5, 5.41) is 0. The third kappa shape index (κ3) is 0.852. The molecule has 0 aromatic rings. The van der Waals surface area contributed by atoms with Crippen molar-refractivity contribution in [2.24, 2.45) is 5.73 Å². The van der Waals surface area contributed by atoms with E-state index < -0.39 is 0 Å². The lowest BCUT2D eigenvalue weighted by atomic mass is 10.1. The first-order valence-electron chi connectivity index (χ1n) is 3.43. The highest BCUT2D eigenvalue weighted by Gasteiger charge is 2.33. The van der Waals surface area contributed by atoms with E-state index in [0.717, 1.165) is 26.3 Å². The highest BCUT2D eigenvalue weighted by molar-refractivity contribution is 4.90. The van der Waals surface area contributed by atoms with Crippen LogP contribution < -0.4 is 5.73 Å². The predicted molar refractivity (Wildman–Crippen MR) is 34.2 cm³/mol. The van der Waals surface area contributed by atoms with Crippen molar-refractivity contribution < 1.29 is 4.74 Å². The van der Waals surface area contributed by atoms with Gasteiger partial charge in [-0.15, -0.1) is 0 Å². The smallest absolute Gasteiger partial charge is 0.0645 e. The zero-order valence-corrected chi connectivity index (χ0v) is 5.42. The van der Waals surface area contributed by atoms with Crippen molar-refractivity contribution in [1.82, 2.24) is 4.90 Å². The molecule has 0 unspecified atom stereocenters. The molecule has 2 fully saturated rings. The van der Waals surface area contributed by atoms with E-state index in [2.05, 4.69) is 4.90 Å². The van der Waals surface area contributed by atoms with Crippen molar-refractivity contribution >= 4 is 0 Å². The van der Waals surface area contributed by atoms with E-state index in [1.165, 1.54) is 0 Å². The summed E-state index contributed by atoms with van der Waals surface area (Å²) in [4.78, 5) is 2.38. The Morgan fingerprint density at radius 2 is 2.00 bits per heavy atom. The number of likely N-dealkylation sites (tertiary alicyclic amines) is 1. The summed E-state index contributed by atoms with van der Waals surface area (Å²) in [7, 11) is 0. The van der Waals surface area contributed by atoms with Gasteiger partial charge in [0.2, 0.25) is 0 Å². The highest BCUT2D eigenvalue weighted by atomic mass is 16.5. The minimum absolute atomic E-state index is 0.436. The Morgan fingerprint density at radius 1 is 1.33 bits per heavy atom. The third-order valence-corrected chi connectivity index (χ3v) is 2.07. The summed E-state index contributed by atoms with van der Waals surface area (Å²) < 4.78 is 5.04. The molecule has 3 nitrogen and oxygen atoms in total. The van der Waals surface area contributed by atoms with Gasteiger partial charge in [0.05, 0.1) is 19.3 Å². The largest absolute Gasteiger partial charge is 0.378 e. The van der Waals surface area contributed by atoms with Crippen LogP contribution in [0, 0.1) is 0 Å². The number of hydrogen-bond donors (Lipinski definition) is 1. The molecule has 2 saturated heterocycles. The monoisotopic (exact) mass is 128 g/mol. The predicted octanol–water partition coefficient (Wildman–Crippen LogP) is -0.972. The van der Waals surface area contributed by atoms with Gasteiger partial charge in [0, 0.05) is 19.1 Å². The van der Waals surface area contributed by atoms with Crippen LogP contribution in [0.25, 0.3) is 0 Å². The maximum absolute atomic E-state index is 5.60. The average molecular weight is 128 g/mol. The fraction of sp³-hybridized carbons (Fsp3) is 1.00. The molecule has 0 radical (unpaired) electrons. The molecule has 0 saturated carbocycles. The van der Waals surface area contributed by atoms with Crippen molar-refractivity contribution in [2.75, 3.05) is 26.3 Å². The van der Waals surface area contributed by atoms with Gasteiger partial charge < -0.3 is 10.5 Å². The molecule has 2 N–H and O–H groups in total. The van der Waals surface area contributed by atoms with Crippen LogP contribution in [-0.2, 0) is 4.74 Å². The van der Waals surface area contributed by atoms with Gasteiger partial charge in [0.25, 0.3) is 0 Å². The van der Waals surface area contributed by atoms with E-state index in [9.17, 15) is 0 Å². The van der Waals surface area contributed by atoms with Crippen molar-refractivity contribution in [3.05, 3.63) is 0 Å². The molecule has 0 atom stereocenters. The maximum Gasteiger partial charge on any atom is 0.0645 e. The van der Waals surface area contributed by atoms with E-state index in [1.807, 2.05) is 0 Å². The summed E-state index contributed by atoms with van der Waals surface area (Å²) in [6.07, 6.45) is 0. The van der Waals surface area contributed by atoms with Gasteiger partial charge in [0.15, 0.2) is 0 Å². The lowest BCUT2D eigenvalue weighted by Gasteiger charge is -2.46. The van der Waals surface area contributed by atoms with Gasteiger partial charge >= 0.3 is 0 Å². The Morgan fingerprint density at radius 3 is 2.33 bits per heavy atom. The second-order valence-electron chi connectivity index (χ2n) is 2.91. The van der Waals surface area contributed by atoms with Gasteiger partial charge in [-0.25, -0.2) is 0 Å². The lowest BCUT2D eigenvalue weighted by molar-refractivity contribution is -0.0894. The number of nitrogens with two attached hydrogens (primary N) is 1. The number of rotatable bonds is 1. The van der Waals surface area contributed by atoms with E-state index in [-0.39, 0.29) is 0 Å². The molecule has 0 spiro atoms. The Kier molecular flexibility index (Phi) is 1.22. The van der Waals surface area contributed by atoms with Crippen LogP contribution in [0.5, 0.6) is 0 Å². The molecule has 0 aliphatic carbocycles. The molecular formula is C6H12N2O. The quantitative estimate of drug-likeness (QED) is 0.493. The minimum atomic E-state index is 0.436. The topological polar surface area (TPSA) is 38.5 Å². The van der Waals surface area contributed by atoms with Crippen molar-refractivity contribution in [1.29, 1.82) is 0 Å². The summed E-state index contributed by atoms with van der Waals surface area (Å²) in [5.74, 6) is 0. The summed E-state index contributed by atoms with van der Waals surface area (Å²) >= 11 is 0. The third-order valence-electron chi connectivity index (χ3n) is 2.07. The second-order valence-corrected chi connectivity index (χ2v) is 2.91. The van der Waals surface area contributed by atoms with E-state index >= 15 is 0 Å². The first-order valence-corrected chi connectivity index (χ1v) is 3.43. The molecule has 0 aromatic heterocycles. The molecule has 0 bridgehead atoms. The lowest BCUT2D eigenvalue weighted by Crippen LogP contribution is -2.64. The van der Waals surface area contributed by atoms with E-state index in [4.69, 9.17) is 10.5 Å². The molecule has 2 aliphatic rings. The standard InChI is InChI=1S/C6H12N2O/c7-5-1-8(2-5)6-3-9-4-6/h5-6H,1-4,7H2. The summed E-state index contributed by atoms with van der Waals surface area (Å²) in [6.45, 7) is 4.00. The number of hydrogen-bond acceptors (Lipinski definition) is 3. The van der Waals surface area contributed by atoms with Crippen LogP contribution in [0.2, 0.25) is 0 Å². The summed E-state index contributed by atoms with van der Waals surface area (Å²) in [5.41, 5.74) is 5.60. The molecule has 3 heteroatoms. The molecule has 2 aliphatic heterocycles. The van der Waals surface area contributed by atoms with Crippen LogP contribution in [0.4, 0.5) is 0 Å². The Balaban J connectivity index is 1.75. The SMILES string of the molecule is NC1CN(C2COC2)C1. The second kappa shape index (κ2) is 1.94. The summed E-state index contributed by atoms with van der Waals surface area (Å²) in [6, 6.07) is 1.13. The van der Waals surface area contributed by atoms with E-state index in [0.29, 0.717) is 12.1 Å². The highest BCUT2D eigenvalue weighted by Crippen LogP contribution is 2.16. The maximum atomic E-state index is 5.60. The molecule has 9 heavy (non-hydrogen) atoms. The Labute approximate surface area is 54.8 Å². The number of ether oxygens (including phenoxy) is 1. The fourth-order valence-corrected chi connectivity index (χ4v) is 1.28. The zero-order chi connectivity index (χ0) is 6.27. The molecule has 52 valence electrons. The normalized spacial score (nSPS) is 31.7. The van der Waals surface area contributed by atoms with Crippen molar-refractivity contribution in [3.8, 4) is 0 Å². The Bertz CT molecular complexity index is 108. The average Bonchev–Trinajstić information content (AvgIpc) is 1.57. The van der Waals surface area contributed by atoms with Crippen molar-refractivity contribution in [3.63, 3.8) is 0 Å².